The minimum absolute atomic E-state index is 0.0331. The van der Waals surface area contributed by atoms with Crippen molar-refractivity contribution in [3.05, 3.63) is 35.9 Å². The monoisotopic (exact) mass is 291 g/mol. The van der Waals surface area contributed by atoms with Crippen molar-refractivity contribution in [2.24, 2.45) is 5.92 Å². The van der Waals surface area contributed by atoms with E-state index in [0.717, 1.165) is 5.56 Å². The van der Waals surface area contributed by atoms with Gasteiger partial charge in [0.25, 0.3) is 0 Å². The molecule has 2 unspecified atom stereocenters. The van der Waals surface area contributed by atoms with Gasteiger partial charge in [0.2, 0.25) is 0 Å². The second-order valence-corrected chi connectivity index (χ2v) is 5.06. The number of ether oxygens (including phenoxy) is 1. The number of amides is 1. The topological polar surface area (TPSA) is 92.7 Å². The van der Waals surface area contributed by atoms with Crippen LogP contribution in [0.1, 0.15) is 24.8 Å². The number of alkyl carbamates (subject to hydrolysis) is 1. The second-order valence-electron chi connectivity index (χ2n) is 5.06. The highest BCUT2D eigenvalue weighted by Crippen LogP contribution is 2.25. The summed E-state index contributed by atoms with van der Waals surface area (Å²) in [4.78, 5) is 34.1. The van der Waals surface area contributed by atoms with E-state index in [2.05, 4.69) is 5.32 Å². The third-order valence-corrected chi connectivity index (χ3v) is 3.51. The SMILES string of the molecule is O=C1CCC(C(NC(=O)OCc2ccccc2)C(=O)O)C1. The average Bonchev–Trinajstić information content (AvgIpc) is 2.89. The van der Waals surface area contributed by atoms with Crippen LogP contribution in [-0.2, 0) is 20.9 Å². The molecule has 2 atom stereocenters. The molecule has 0 heterocycles. The molecule has 1 aliphatic rings. The van der Waals surface area contributed by atoms with Crippen LogP contribution in [0, 0.1) is 5.92 Å². The molecule has 1 fully saturated rings. The Morgan fingerprint density at radius 3 is 2.62 bits per heavy atom. The quantitative estimate of drug-likeness (QED) is 0.862. The van der Waals surface area contributed by atoms with E-state index in [-0.39, 0.29) is 24.7 Å². The molecule has 0 bridgehead atoms. The van der Waals surface area contributed by atoms with E-state index in [1.54, 1.807) is 12.1 Å². The molecule has 0 aromatic heterocycles. The van der Waals surface area contributed by atoms with Crippen molar-refractivity contribution in [2.45, 2.75) is 31.9 Å². The fourth-order valence-corrected chi connectivity index (χ4v) is 2.40. The number of benzene rings is 1. The Kier molecular flexibility index (Phi) is 4.92. The number of hydrogen-bond donors (Lipinski definition) is 2. The Morgan fingerprint density at radius 2 is 2.05 bits per heavy atom. The molecular weight excluding hydrogens is 274 g/mol. The van der Waals surface area contributed by atoms with Gasteiger partial charge in [0.15, 0.2) is 0 Å². The number of carboxylic acid groups (broad SMARTS) is 1. The van der Waals surface area contributed by atoms with Crippen molar-refractivity contribution in [3.8, 4) is 0 Å². The van der Waals surface area contributed by atoms with Crippen molar-refractivity contribution >= 4 is 17.8 Å². The van der Waals surface area contributed by atoms with Gasteiger partial charge in [-0.3, -0.25) is 4.79 Å². The zero-order valence-corrected chi connectivity index (χ0v) is 11.5. The second kappa shape index (κ2) is 6.88. The summed E-state index contributed by atoms with van der Waals surface area (Å²) >= 11 is 0. The molecule has 0 saturated heterocycles. The number of aliphatic carboxylic acids is 1. The van der Waals surface area contributed by atoms with Crippen molar-refractivity contribution in [1.29, 1.82) is 0 Å². The van der Waals surface area contributed by atoms with Crippen LogP contribution in [-0.4, -0.2) is 29.0 Å². The molecule has 6 heteroatoms. The molecule has 1 aromatic rings. The fourth-order valence-electron chi connectivity index (χ4n) is 2.40. The van der Waals surface area contributed by atoms with Crippen LogP contribution in [0.15, 0.2) is 30.3 Å². The average molecular weight is 291 g/mol. The Balaban J connectivity index is 1.87. The molecule has 0 aliphatic heterocycles. The minimum atomic E-state index is -1.15. The van der Waals surface area contributed by atoms with E-state index < -0.39 is 18.1 Å². The molecule has 112 valence electrons. The number of Topliss-reactive ketones (excluding diaryl/α,β-unsaturated/α-hetero) is 1. The largest absolute Gasteiger partial charge is 0.480 e. The van der Waals surface area contributed by atoms with Crippen molar-refractivity contribution in [2.75, 3.05) is 0 Å². The van der Waals surface area contributed by atoms with Crippen molar-refractivity contribution < 1.29 is 24.2 Å². The predicted molar refractivity (Wildman–Crippen MR) is 73.5 cm³/mol. The van der Waals surface area contributed by atoms with E-state index >= 15 is 0 Å². The van der Waals surface area contributed by atoms with Crippen molar-refractivity contribution in [3.63, 3.8) is 0 Å². The number of rotatable bonds is 5. The van der Waals surface area contributed by atoms with Crippen LogP contribution in [0.3, 0.4) is 0 Å². The van der Waals surface area contributed by atoms with Crippen LogP contribution in [0.25, 0.3) is 0 Å². The lowest BCUT2D eigenvalue weighted by atomic mass is 9.98. The lowest BCUT2D eigenvalue weighted by molar-refractivity contribution is -0.140. The zero-order chi connectivity index (χ0) is 15.2. The first-order valence-corrected chi connectivity index (χ1v) is 6.78. The molecule has 1 amide bonds. The summed E-state index contributed by atoms with van der Waals surface area (Å²) in [6, 6.07) is 8.01. The Bertz CT molecular complexity index is 528. The highest BCUT2D eigenvalue weighted by Gasteiger charge is 2.35. The zero-order valence-electron chi connectivity index (χ0n) is 11.5. The number of carboxylic acids is 1. The van der Waals surface area contributed by atoms with Crippen LogP contribution in [0.4, 0.5) is 4.79 Å². The molecule has 2 rings (SSSR count). The number of nitrogens with one attached hydrogen (secondary N) is 1. The number of ketones is 1. The first-order chi connectivity index (χ1) is 10.1. The van der Waals surface area contributed by atoms with Gasteiger partial charge >= 0.3 is 12.1 Å². The van der Waals surface area contributed by atoms with Gasteiger partial charge in [0, 0.05) is 12.8 Å². The summed E-state index contributed by atoms with van der Waals surface area (Å²) in [5.74, 6) is -1.48. The maximum atomic E-state index is 11.7. The van der Waals surface area contributed by atoms with E-state index in [1.165, 1.54) is 0 Å². The molecule has 0 spiro atoms. The maximum absolute atomic E-state index is 11.7. The van der Waals surface area contributed by atoms with Gasteiger partial charge in [-0.05, 0) is 17.9 Å². The molecule has 1 aliphatic carbocycles. The summed E-state index contributed by atoms with van der Waals surface area (Å²) in [5.41, 5.74) is 0.815. The molecule has 21 heavy (non-hydrogen) atoms. The fraction of sp³-hybridized carbons (Fsp3) is 0.400. The molecule has 6 nitrogen and oxygen atoms in total. The first kappa shape index (κ1) is 15.0. The summed E-state index contributed by atoms with van der Waals surface area (Å²) in [5, 5.41) is 11.5. The summed E-state index contributed by atoms with van der Waals surface area (Å²) in [6.45, 7) is 0.0720. The Morgan fingerprint density at radius 1 is 1.33 bits per heavy atom. The third-order valence-electron chi connectivity index (χ3n) is 3.51. The third kappa shape index (κ3) is 4.30. The Hall–Kier alpha value is -2.37. The smallest absolute Gasteiger partial charge is 0.408 e. The molecule has 0 radical (unpaired) electrons. The van der Waals surface area contributed by atoms with Gasteiger partial charge in [-0.25, -0.2) is 9.59 Å². The number of hydrogen-bond acceptors (Lipinski definition) is 4. The summed E-state index contributed by atoms with van der Waals surface area (Å²) in [7, 11) is 0. The lowest BCUT2D eigenvalue weighted by Crippen LogP contribution is -2.45. The van der Waals surface area contributed by atoms with E-state index in [9.17, 15) is 19.5 Å². The van der Waals surface area contributed by atoms with Crippen LogP contribution >= 0.6 is 0 Å². The van der Waals surface area contributed by atoms with Gasteiger partial charge in [-0.2, -0.15) is 0 Å². The van der Waals surface area contributed by atoms with Crippen LogP contribution < -0.4 is 5.32 Å². The standard InChI is InChI=1S/C15H17NO5/c17-12-7-6-11(8-12)13(14(18)19)16-15(20)21-9-10-4-2-1-3-5-10/h1-5,11,13H,6-9H2,(H,16,20)(H,18,19). The van der Waals surface area contributed by atoms with E-state index in [0.29, 0.717) is 12.8 Å². The van der Waals surface area contributed by atoms with Gasteiger partial charge in [-0.15, -0.1) is 0 Å². The number of carbonyl (C=O) groups excluding carboxylic acids is 2. The molecule has 1 aromatic carbocycles. The first-order valence-electron chi connectivity index (χ1n) is 6.78. The van der Waals surface area contributed by atoms with Gasteiger partial charge in [0.1, 0.15) is 18.4 Å². The molecular formula is C15H17NO5. The summed E-state index contributed by atoms with van der Waals surface area (Å²) in [6.07, 6.45) is 0.255. The van der Waals surface area contributed by atoms with Crippen LogP contribution in [0.5, 0.6) is 0 Å². The van der Waals surface area contributed by atoms with Gasteiger partial charge < -0.3 is 15.2 Å². The highest BCUT2D eigenvalue weighted by atomic mass is 16.5. The Labute approximate surface area is 122 Å². The summed E-state index contributed by atoms with van der Waals surface area (Å²) < 4.78 is 5.00. The van der Waals surface area contributed by atoms with Crippen molar-refractivity contribution in [1.82, 2.24) is 5.32 Å². The highest BCUT2D eigenvalue weighted by molar-refractivity contribution is 5.85. The van der Waals surface area contributed by atoms with Gasteiger partial charge in [0.05, 0.1) is 0 Å². The molecule has 2 N–H and O–H groups in total. The normalized spacial score (nSPS) is 19.0. The number of carbonyl (C=O) groups is 3. The van der Waals surface area contributed by atoms with E-state index in [1.807, 2.05) is 18.2 Å². The van der Waals surface area contributed by atoms with E-state index in [4.69, 9.17) is 4.74 Å². The minimum Gasteiger partial charge on any atom is -0.480 e. The van der Waals surface area contributed by atoms with Crippen LogP contribution in [0.2, 0.25) is 0 Å². The predicted octanol–water partition coefficient (Wildman–Crippen LogP) is 1.74. The lowest BCUT2D eigenvalue weighted by Gasteiger charge is -2.19. The maximum Gasteiger partial charge on any atom is 0.408 e. The van der Waals surface area contributed by atoms with Gasteiger partial charge in [-0.1, -0.05) is 30.3 Å². The molecule has 1 saturated carbocycles.